The summed E-state index contributed by atoms with van der Waals surface area (Å²) in [6.45, 7) is 4.78. The van der Waals surface area contributed by atoms with Crippen molar-refractivity contribution in [3.63, 3.8) is 0 Å². The first kappa shape index (κ1) is 8.75. The molecule has 0 unspecified atom stereocenters. The molecule has 0 saturated carbocycles. The van der Waals surface area contributed by atoms with Gasteiger partial charge in [-0.25, -0.2) is 0 Å². The number of nitrogens with two attached hydrogens (primary N) is 1. The number of aryl methyl sites for hydroxylation is 2. The first-order chi connectivity index (χ1) is 5.15. The highest BCUT2D eigenvalue weighted by molar-refractivity contribution is 9.10. The Balaban J connectivity index is 3.21. The lowest BCUT2D eigenvalue weighted by atomic mass is 10.1. The van der Waals surface area contributed by atoms with E-state index in [1.54, 1.807) is 0 Å². The fourth-order valence-corrected chi connectivity index (χ4v) is 1.48. The Morgan fingerprint density at radius 3 is 2.45 bits per heavy atom. The summed E-state index contributed by atoms with van der Waals surface area (Å²) >= 11 is 3.47. The second-order valence-corrected chi connectivity index (χ2v) is 3.59. The number of hydrogen-bond acceptors (Lipinski definition) is 1. The highest BCUT2D eigenvalue weighted by Crippen LogP contribution is 2.20. The highest BCUT2D eigenvalue weighted by Gasteiger charge is 1.99. The Hall–Kier alpha value is -0.340. The van der Waals surface area contributed by atoms with Crippen LogP contribution in [0.25, 0.3) is 0 Å². The maximum Gasteiger partial charge on any atom is 0.0207 e. The topological polar surface area (TPSA) is 26.0 Å². The van der Waals surface area contributed by atoms with Crippen molar-refractivity contribution in [1.29, 1.82) is 0 Å². The van der Waals surface area contributed by atoms with Crippen molar-refractivity contribution in [3.05, 3.63) is 33.3 Å². The SMILES string of the molecule is Cc1cc(C)c(CN)cc1Br. The van der Waals surface area contributed by atoms with Crippen LogP contribution in [-0.2, 0) is 6.54 Å². The molecule has 0 spiro atoms. The van der Waals surface area contributed by atoms with Crippen LogP contribution >= 0.6 is 15.9 Å². The molecule has 1 aromatic carbocycles. The third-order valence-electron chi connectivity index (χ3n) is 1.84. The summed E-state index contributed by atoms with van der Waals surface area (Å²) in [4.78, 5) is 0. The molecule has 11 heavy (non-hydrogen) atoms. The molecule has 1 rings (SSSR count). The molecule has 2 N–H and O–H groups in total. The van der Waals surface area contributed by atoms with Crippen LogP contribution in [0.5, 0.6) is 0 Å². The average molecular weight is 214 g/mol. The van der Waals surface area contributed by atoms with Crippen LogP contribution < -0.4 is 5.73 Å². The van der Waals surface area contributed by atoms with E-state index in [1.165, 1.54) is 16.7 Å². The third kappa shape index (κ3) is 1.82. The van der Waals surface area contributed by atoms with E-state index in [-0.39, 0.29) is 0 Å². The van der Waals surface area contributed by atoms with Gasteiger partial charge in [-0.2, -0.15) is 0 Å². The smallest absolute Gasteiger partial charge is 0.0207 e. The first-order valence-electron chi connectivity index (χ1n) is 3.61. The molecule has 0 aliphatic heterocycles. The first-order valence-corrected chi connectivity index (χ1v) is 4.40. The van der Waals surface area contributed by atoms with Crippen molar-refractivity contribution in [3.8, 4) is 0 Å². The molecule has 0 aromatic heterocycles. The van der Waals surface area contributed by atoms with E-state index < -0.39 is 0 Å². The average Bonchev–Trinajstić information content (AvgIpc) is 1.97. The molecule has 60 valence electrons. The van der Waals surface area contributed by atoms with Crippen molar-refractivity contribution in [2.24, 2.45) is 5.73 Å². The minimum Gasteiger partial charge on any atom is -0.326 e. The van der Waals surface area contributed by atoms with E-state index in [9.17, 15) is 0 Å². The van der Waals surface area contributed by atoms with Crippen molar-refractivity contribution >= 4 is 15.9 Å². The zero-order chi connectivity index (χ0) is 8.43. The summed E-state index contributed by atoms with van der Waals surface area (Å²) < 4.78 is 1.14. The molecule has 2 heteroatoms. The lowest BCUT2D eigenvalue weighted by Crippen LogP contribution is -1.99. The lowest BCUT2D eigenvalue weighted by Gasteiger charge is -2.05. The zero-order valence-corrected chi connectivity index (χ0v) is 8.40. The molecular weight excluding hydrogens is 202 g/mol. The van der Waals surface area contributed by atoms with E-state index in [0.717, 1.165) is 4.47 Å². The molecular formula is C9H12BrN. The van der Waals surface area contributed by atoms with Gasteiger partial charge in [0, 0.05) is 11.0 Å². The summed E-state index contributed by atoms with van der Waals surface area (Å²) in [5, 5.41) is 0. The summed E-state index contributed by atoms with van der Waals surface area (Å²) in [6.07, 6.45) is 0. The number of rotatable bonds is 1. The maximum atomic E-state index is 5.55. The van der Waals surface area contributed by atoms with Crippen LogP contribution in [-0.4, -0.2) is 0 Å². The standard InChI is InChI=1S/C9H12BrN/c1-6-3-7(2)9(10)4-8(6)5-11/h3-4H,5,11H2,1-2H3. The lowest BCUT2D eigenvalue weighted by molar-refractivity contribution is 1.04. The number of hydrogen-bond donors (Lipinski definition) is 1. The van der Waals surface area contributed by atoms with Crippen LogP contribution in [0.3, 0.4) is 0 Å². The number of halogens is 1. The van der Waals surface area contributed by atoms with Gasteiger partial charge in [0.2, 0.25) is 0 Å². The fraction of sp³-hybridized carbons (Fsp3) is 0.333. The van der Waals surface area contributed by atoms with Crippen molar-refractivity contribution in [1.82, 2.24) is 0 Å². The van der Waals surface area contributed by atoms with E-state index in [0.29, 0.717) is 6.54 Å². The monoisotopic (exact) mass is 213 g/mol. The van der Waals surface area contributed by atoms with Gasteiger partial charge < -0.3 is 5.73 Å². The summed E-state index contributed by atoms with van der Waals surface area (Å²) in [5.41, 5.74) is 9.29. The quantitative estimate of drug-likeness (QED) is 0.763. The fourth-order valence-electron chi connectivity index (χ4n) is 1.09. The van der Waals surface area contributed by atoms with Crippen LogP contribution in [0, 0.1) is 13.8 Å². The molecule has 0 aliphatic carbocycles. The summed E-state index contributed by atoms with van der Waals surface area (Å²) in [5.74, 6) is 0. The van der Waals surface area contributed by atoms with Crippen LogP contribution in [0.15, 0.2) is 16.6 Å². The third-order valence-corrected chi connectivity index (χ3v) is 2.69. The zero-order valence-electron chi connectivity index (χ0n) is 6.82. The molecule has 0 fully saturated rings. The van der Waals surface area contributed by atoms with E-state index in [4.69, 9.17) is 5.73 Å². The predicted molar refractivity (Wildman–Crippen MR) is 51.5 cm³/mol. The van der Waals surface area contributed by atoms with Gasteiger partial charge in [-0.05, 0) is 36.6 Å². The van der Waals surface area contributed by atoms with Crippen LogP contribution in [0.4, 0.5) is 0 Å². The van der Waals surface area contributed by atoms with Gasteiger partial charge >= 0.3 is 0 Å². The van der Waals surface area contributed by atoms with Crippen LogP contribution in [0.1, 0.15) is 16.7 Å². The molecule has 0 heterocycles. The van der Waals surface area contributed by atoms with Crippen LogP contribution in [0.2, 0.25) is 0 Å². The van der Waals surface area contributed by atoms with E-state index in [2.05, 4.69) is 41.9 Å². The Morgan fingerprint density at radius 2 is 1.91 bits per heavy atom. The van der Waals surface area contributed by atoms with Crippen molar-refractivity contribution < 1.29 is 0 Å². The molecule has 0 bridgehead atoms. The van der Waals surface area contributed by atoms with Gasteiger partial charge in [-0.15, -0.1) is 0 Å². The molecule has 0 radical (unpaired) electrons. The molecule has 0 saturated heterocycles. The van der Waals surface area contributed by atoms with Gasteiger partial charge in [-0.1, -0.05) is 22.0 Å². The maximum absolute atomic E-state index is 5.55. The summed E-state index contributed by atoms with van der Waals surface area (Å²) in [6, 6.07) is 4.23. The minimum absolute atomic E-state index is 0.616. The van der Waals surface area contributed by atoms with Gasteiger partial charge in [0.1, 0.15) is 0 Å². The van der Waals surface area contributed by atoms with Gasteiger partial charge in [0.25, 0.3) is 0 Å². The molecule has 1 nitrogen and oxygen atoms in total. The Kier molecular flexibility index (Phi) is 2.68. The minimum atomic E-state index is 0.616. The molecule has 0 amide bonds. The Bertz CT molecular complexity index is 269. The van der Waals surface area contributed by atoms with E-state index in [1.807, 2.05) is 0 Å². The van der Waals surface area contributed by atoms with Gasteiger partial charge in [0.05, 0.1) is 0 Å². The Labute approximate surface area is 75.7 Å². The Morgan fingerprint density at radius 1 is 1.27 bits per heavy atom. The van der Waals surface area contributed by atoms with E-state index >= 15 is 0 Å². The molecule has 0 atom stereocenters. The largest absolute Gasteiger partial charge is 0.326 e. The highest BCUT2D eigenvalue weighted by atomic mass is 79.9. The second-order valence-electron chi connectivity index (χ2n) is 2.73. The summed E-state index contributed by atoms with van der Waals surface area (Å²) in [7, 11) is 0. The second kappa shape index (κ2) is 3.37. The molecule has 1 aromatic rings. The van der Waals surface area contributed by atoms with Crippen molar-refractivity contribution in [2.45, 2.75) is 20.4 Å². The van der Waals surface area contributed by atoms with Crippen molar-refractivity contribution in [2.75, 3.05) is 0 Å². The van der Waals surface area contributed by atoms with Gasteiger partial charge in [0.15, 0.2) is 0 Å². The predicted octanol–water partition coefficient (Wildman–Crippen LogP) is 2.52. The van der Waals surface area contributed by atoms with Gasteiger partial charge in [-0.3, -0.25) is 0 Å². The normalized spacial score (nSPS) is 10.2. The number of benzene rings is 1. The molecule has 0 aliphatic rings.